The van der Waals surface area contributed by atoms with Crippen molar-refractivity contribution >= 4 is 21.9 Å². The van der Waals surface area contributed by atoms with Crippen molar-refractivity contribution < 1.29 is 18.0 Å². The minimum atomic E-state index is -2.82. The average molecular weight is 443 g/mol. The molecular weight excluding hydrogens is 416 g/mol. The molecule has 170 valence electrons. The number of fused-ring (bicyclic) bond motifs is 3. The summed E-state index contributed by atoms with van der Waals surface area (Å²) in [5.41, 5.74) is 6.22. The number of nitrogens with zero attached hydrogens (tertiary/aromatic N) is 5. The topological polar surface area (TPSA) is 69.2 Å². The number of halogens is 2. The number of imidazole rings is 1. The molecule has 7 nitrogen and oxygen atoms in total. The SMILES string of the molecule is Cc1cc2c(cc1-c1c(C)noc1C)ncc1nc(CN(C)C)n([C@H](C)COC(F)F)c12. The fraction of sp³-hybridized carbons (Fsp3) is 0.435. The second-order valence-electron chi connectivity index (χ2n) is 8.45. The van der Waals surface area contributed by atoms with E-state index in [2.05, 4.69) is 20.9 Å². The fourth-order valence-corrected chi connectivity index (χ4v) is 4.27. The average Bonchev–Trinajstić information content (AvgIpc) is 3.24. The Balaban J connectivity index is 1.95. The molecule has 0 unspecified atom stereocenters. The van der Waals surface area contributed by atoms with Crippen LogP contribution < -0.4 is 0 Å². The van der Waals surface area contributed by atoms with Crippen LogP contribution in [0.15, 0.2) is 22.9 Å². The van der Waals surface area contributed by atoms with Crippen molar-refractivity contribution in [3.05, 3.63) is 41.2 Å². The van der Waals surface area contributed by atoms with Gasteiger partial charge in [0.15, 0.2) is 0 Å². The highest BCUT2D eigenvalue weighted by atomic mass is 19.3. The predicted molar refractivity (Wildman–Crippen MR) is 119 cm³/mol. The molecule has 3 heterocycles. The van der Waals surface area contributed by atoms with Crippen LogP contribution in [0.4, 0.5) is 8.78 Å². The lowest BCUT2D eigenvalue weighted by atomic mass is 9.96. The van der Waals surface area contributed by atoms with Crippen LogP contribution in [-0.2, 0) is 11.3 Å². The Hall–Kier alpha value is -2.91. The Kier molecular flexibility index (Phi) is 5.96. The summed E-state index contributed by atoms with van der Waals surface area (Å²) >= 11 is 0. The number of alkyl halides is 2. The molecule has 0 spiro atoms. The summed E-state index contributed by atoms with van der Waals surface area (Å²) in [6.07, 6.45) is 1.74. The van der Waals surface area contributed by atoms with Crippen molar-refractivity contribution in [3.8, 4) is 11.1 Å². The largest absolute Gasteiger partial charge is 0.361 e. The van der Waals surface area contributed by atoms with E-state index in [-0.39, 0.29) is 12.6 Å². The van der Waals surface area contributed by atoms with Gasteiger partial charge in [0, 0.05) is 10.9 Å². The summed E-state index contributed by atoms with van der Waals surface area (Å²) in [5.74, 6) is 1.53. The van der Waals surface area contributed by atoms with Gasteiger partial charge in [0.05, 0.1) is 42.1 Å². The van der Waals surface area contributed by atoms with Gasteiger partial charge in [-0.1, -0.05) is 5.16 Å². The van der Waals surface area contributed by atoms with E-state index in [0.29, 0.717) is 6.54 Å². The maximum absolute atomic E-state index is 12.7. The van der Waals surface area contributed by atoms with Crippen LogP contribution in [0.1, 0.15) is 35.8 Å². The molecule has 4 rings (SSSR count). The van der Waals surface area contributed by atoms with E-state index < -0.39 is 6.61 Å². The van der Waals surface area contributed by atoms with Crippen LogP contribution in [0.25, 0.3) is 33.1 Å². The van der Waals surface area contributed by atoms with Crippen molar-refractivity contribution in [1.29, 1.82) is 0 Å². The molecule has 0 fully saturated rings. The van der Waals surface area contributed by atoms with Gasteiger partial charge in [-0.25, -0.2) is 4.98 Å². The second-order valence-corrected chi connectivity index (χ2v) is 8.45. The zero-order valence-corrected chi connectivity index (χ0v) is 19.1. The first-order valence-electron chi connectivity index (χ1n) is 10.4. The van der Waals surface area contributed by atoms with Gasteiger partial charge in [-0.05, 0) is 65.0 Å². The summed E-state index contributed by atoms with van der Waals surface area (Å²) in [7, 11) is 3.89. The van der Waals surface area contributed by atoms with Gasteiger partial charge in [-0.2, -0.15) is 8.78 Å². The third-order valence-corrected chi connectivity index (χ3v) is 5.60. The summed E-state index contributed by atoms with van der Waals surface area (Å²) in [6.45, 7) is 5.32. The van der Waals surface area contributed by atoms with E-state index in [9.17, 15) is 8.78 Å². The molecule has 0 aliphatic carbocycles. The molecule has 3 aromatic heterocycles. The van der Waals surface area contributed by atoms with Crippen molar-refractivity contribution in [2.24, 2.45) is 0 Å². The van der Waals surface area contributed by atoms with Crippen LogP contribution in [0.2, 0.25) is 0 Å². The Morgan fingerprint density at radius 2 is 1.91 bits per heavy atom. The molecule has 0 amide bonds. The van der Waals surface area contributed by atoms with E-state index in [1.54, 1.807) is 6.20 Å². The lowest BCUT2D eigenvalue weighted by Gasteiger charge is -2.20. The maximum Gasteiger partial charge on any atom is 0.345 e. The van der Waals surface area contributed by atoms with Crippen molar-refractivity contribution in [3.63, 3.8) is 0 Å². The van der Waals surface area contributed by atoms with Gasteiger partial charge in [0.25, 0.3) is 0 Å². The summed E-state index contributed by atoms with van der Waals surface area (Å²) < 4.78 is 37.5. The molecule has 0 saturated carbocycles. The molecule has 1 atom stereocenters. The van der Waals surface area contributed by atoms with Crippen LogP contribution in [0.3, 0.4) is 0 Å². The maximum atomic E-state index is 12.7. The molecule has 9 heteroatoms. The monoisotopic (exact) mass is 443 g/mol. The highest BCUT2D eigenvalue weighted by Gasteiger charge is 2.22. The first-order chi connectivity index (χ1) is 15.2. The number of hydrogen-bond acceptors (Lipinski definition) is 6. The lowest BCUT2D eigenvalue weighted by Crippen LogP contribution is -2.20. The van der Waals surface area contributed by atoms with E-state index in [4.69, 9.17) is 9.51 Å². The normalized spacial score (nSPS) is 13.2. The molecule has 32 heavy (non-hydrogen) atoms. The standard InChI is InChI=1S/C23H27F2N5O2/c1-12-7-17-18(8-16(12)21-14(3)28-32-15(21)4)26-9-19-22(17)30(13(2)11-31-23(24)25)20(27-19)10-29(5)6/h7-9,13,23H,10-11H2,1-6H3/t13-/m1/s1. The molecule has 0 aliphatic rings. The minimum absolute atomic E-state index is 0.122. The van der Waals surface area contributed by atoms with Gasteiger partial charge in [-0.3, -0.25) is 4.98 Å². The molecule has 0 N–H and O–H groups in total. The molecule has 0 saturated heterocycles. The van der Waals surface area contributed by atoms with Crippen LogP contribution in [0, 0.1) is 20.8 Å². The molecule has 0 bridgehead atoms. The van der Waals surface area contributed by atoms with Crippen LogP contribution in [0.5, 0.6) is 0 Å². The van der Waals surface area contributed by atoms with Gasteiger partial charge < -0.3 is 18.7 Å². The zero-order chi connectivity index (χ0) is 23.2. The first kappa shape index (κ1) is 22.3. The highest BCUT2D eigenvalue weighted by molar-refractivity contribution is 6.04. The second kappa shape index (κ2) is 8.55. The Bertz CT molecular complexity index is 1260. The fourth-order valence-electron chi connectivity index (χ4n) is 4.27. The van der Waals surface area contributed by atoms with Gasteiger partial charge >= 0.3 is 6.61 Å². The van der Waals surface area contributed by atoms with Crippen molar-refractivity contribution in [2.75, 3.05) is 20.7 Å². The molecule has 0 radical (unpaired) electrons. The van der Waals surface area contributed by atoms with Crippen LogP contribution >= 0.6 is 0 Å². The lowest BCUT2D eigenvalue weighted by molar-refractivity contribution is -0.135. The quantitative estimate of drug-likeness (QED) is 0.399. The number of aryl methyl sites for hydroxylation is 3. The zero-order valence-electron chi connectivity index (χ0n) is 19.1. The van der Waals surface area contributed by atoms with E-state index in [1.165, 1.54) is 0 Å². The van der Waals surface area contributed by atoms with Crippen LogP contribution in [-0.4, -0.2) is 51.9 Å². The Morgan fingerprint density at radius 1 is 1.16 bits per heavy atom. The van der Waals surface area contributed by atoms with Crippen molar-refractivity contribution in [1.82, 2.24) is 24.6 Å². The number of rotatable bonds is 7. The number of hydrogen-bond donors (Lipinski definition) is 0. The molecular formula is C23H27F2N5O2. The highest BCUT2D eigenvalue weighted by Crippen LogP contribution is 2.35. The number of pyridine rings is 1. The Morgan fingerprint density at radius 3 is 2.53 bits per heavy atom. The Labute approximate surface area is 185 Å². The molecule has 4 aromatic rings. The van der Waals surface area contributed by atoms with E-state index in [1.807, 2.05) is 57.3 Å². The van der Waals surface area contributed by atoms with E-state index >= 15 is 0 Å². The molecule has 0 aliphatic heterocycles. The predicted octanol–water partition coefficient (Wildman–Crippen LogP) is 5.03. The third-order valence-electron chi connectivity index (χ3n) is 5.60. The molecule has 1 aromatic carbocycles. The third kappa shape index (κ3) is 3.98. The minimum Gasteiger partial charge on any atom is -0.361 e. The number of benzene rings is 1. The van der Waals surface area contributed by atoms with Gasteiger partial charge in [0.1, 0.15) is 17.1 Å². The van der Waals surface area contributed by atoms with Gasteiger partial charge in [-0.15, -0.1) is 0 Å². The van der Waals surface area contributed by atoms with Gasteiger partial charge in [0.2, 0.25) is 0 Å². The smallest absolute Gasteiger partial charge is 0.345 e. The van der Waals surface area contributed by atoms with E-state index in [0.717, 1.165) is 55.9 Å². The first-order valence-corrected chi connectivity index (χ1v) is 10.4. The summed E-state index contributed by atoms with van der Waals surface area (Å²) in [5, 5.41) is 4.99. The number of ether oxygens (including phenoxy) is 1. The summed E-state index contributed by atoms with van der Waals surface area (Å²) in [6, 6.07) is 3.77. The number of aromatic nitrogens is 4. The van der Waals surface area contributed by atoms with Crippen molar-refractivity contribution in [2.45, 2.75) is 46.9 Å². The summed E-state index contributed by atoms with van der Waals surface area (Å²) in [4.78, 5) is 11.4.